The summed E-state index contributed by atoms with van der Waals surface area (Å²) in [5.41, 5.74) is -0.561. The Kier molecular flexibility index (Phi) is 5.34. The van der Waals surface area contributed by atoms with E-state index in [4.69, 9.17) is 10.2 Å². The average Bonchev–Trinajstić information content (AvgIpc) is 2.37. The molecule has 0 aliphatic rings. The molecule has 2 unspecified atom stereocenters. The van der Waals surface area contributed by atoms with Crippen LogP contribution in [0.2, 0.25) is 0 Å². The Morgan fingerprint density at radius 3 is 2.26 bits per heavy atom. The van der Waals surface area contributed by atoms with Crippen LogP contribution in [0.25, 0.3) is 0 Å². The molecule has 1 aromatic carbocycles. The molecule has 7 heteroatoms. The molecule has 0 bridgehead atoms. The lowest BCUT2D eigenvalue weighted by molar-refractivity contribution is 0.0162. The lowest BCUT2D eigenvalue weighted by atomic mass is 9.95. The largest absolute Gasteiger partial charge is 0.478 e. The minimum Gasteiger partial charge on any atom is -0.478 e. The first kappa shape index (κ1) is 15.5. The number of aliphatic hydroxyl groups excluding tert-OH is 2. The van der Waals surface area contributed by atoms with Gasteiger partial charge in [-0.05, 0) is 29.9 Å². The fourth-order valence-corrected chi connectivity index (χ4v) is 1.89. The number of aromatic carboxylic acids is 2. The van der Waals surface area contributed by atoms with Crippen molar-refractivity contribution in [2.24, 2.45) is 0 Å². The van der Waals surface area contributed by atoms with Crippen LogP contribution < -0.4 is 0 Å². The normalized spacial score (nSPS) is 13.8. The van der Waals surface area contributed by atoms with Crippen molar-refractivity contribution >= 4 is 24.6 Å². The van der Waals surface area contributed by atoms with Crippen molar-refractivity contribution in [2.75, 3.05) is 5.75 Å². The second kappa shape index (κ2) is 6.55. The Bertz CT molecular complexity index is 487. The Balaban J connectivity index is 3.20. The minimum atomic E-state index is -1.40. The molecular formula is C12H14O6S. The molecule has 0 fully saturated rings. The van der Waals surface area contributed by atoms with Crippen molar-refractivity contribution in [3.05, 3.63) is 34.9 Å². The number of carboxylic acids is 2. The lowest BCUT2D eigenvalue weighted by Gasteiger charge is -2.19. The maximum atomic E-state index is 11.1. The van der Waals surface area contributed by atoms with E-state index in [1.165, 1.54) is 12.1 Å². The standard InChI is InChI=1S/C12H14O6S/c13-9(3-4-19)10(14)7-2-1-6(11(15)16)5-8(7)12(17)18/h1-2,5,9-10,13-14,19H,3-4H2,(H,15,16)(H,17,18). The van der Waals surface area contributed by atoms with E-state index in [0.29, 0.717) is 5.75 Å². The van der Waals surface area contributed by atoms with Gasteiger partial charge in [0.25, 0.3) is 0 Å². The molecule has 4 N–H and O–H groups in total. The first-order valence-corrected chi connectivity index (χ1v) is 6.09. The maximum Gasteiger partial charge on any atom is 0.336 e. The molecular weight excluding hydrogens is 272 g/mol. The number of benzene rings is 1. The van der Waals surface area contributed by atoms with Gasteiger partial charge in [-0.2, -0.15) is 12.6 Å². The molecule has 19 heavy (non-hydrogen) atoms. The zero-order valence-corrected chi connectivity index (χ0v) is 10.7. The first-order valence-electron chi connectivity index (χ1n) is 5.46. The van der Waals surface area contributed by atoms with Gasteiger partial charge in [-0.3, -0.25) is 0 Å². The molecule has 0 saturated carbocycles. The van der Waals surface area contributed by atoms with E-state index in [1.807, 2.05) is 0 Å². The number of hydrogen-bond acceptors (Lipinski definition) is 5. The molecule has 0 saturated heterocycles. The molecule has 0 amide bonds. The molecule has 104 valence electrons. The average molecular weight is 286 g/mol. The topological polar surface area (TPSA) is 115 Å². The highest BCUT2D eigenvalue weighted by molar-refractivity contribution is 7.80. The van der Waals surface area contributed by atoms with Crippen LogP contribution in [0.4, 0.5) is 0 Å². The second-order valence-electron chi connectivity index (χ2n) is 3.94. The van der Waals surface area contributed by atoms with Gasteiger partial charge in [0.05, 0.1) is 17.2 Å². The summed E-state index contributed by atoms with van der Waals surface area (Å²) in [6.45, 7) is 0. The SMILES string of the molecule is O=C(O)c1ccc(C(O)C(O)CCS)c(C(=O)O)c1. The highest BCUT2D eigenvalue weighted by Gasteiger charge is 2.24. The number of rotatable bonds is 6. The van der Waals surface area contributed by atoms with Crippen molar-refractivity contribution in [1.82, 2.24) is 0 Å². The van der Waals surface area contributed by atoms with Crippen molar-refractivity contribution < 1.29 is 30.0 Å². The van der Waals surface area contributed by atoms with E-state index in [2.05, 4.69) is 12.6 Å². The number of carbonyl (C=O) groups is 2. The number of carboxylic acid groups (broad SMARTS) is 2. The van der Waals surface area contributed by atoms with E-state index in [-0.39, 0.29) is 23.1 Å². The maximum absolute atomic E-state index is 11.1. The van der Waals surface area contributed by atoms with Gasteiger partial charge in [-0.25, -0.2) is 9.59 Å². The quantitative estimate of drug-likeness (QED) is 0.494. The highest BCUT2D eigenvalue weighted by Crippen LogP contribution is 2.24. The van der Waals surface area contributed by atoms with Crippen LogP contribution in [0.5, 0.6) is 0 Å². The molecule has 6 nitrogen and oxygen atoms in total. The zero-order chi connectivity index (χ0) is 14.6. The molecule has 1 aromatic rings. The molecule has 0 aromatic heterocycles. The van der Waals surface area contributed by atoms with Gasteiger partial charge in [-0.1, -0.05) is 6.07 Å². The first-order chi connectivity index (χ1) is 8.88. The van der Waals surface area contributed by atoms with E-state index >= 15 is 0 Å². The van der Waals surface area contributed by atoms with Gasteiger partial charge in [0.2, 0.25) is 0 Å². The predicted molar refractivity (Wildman–Crippen MR) is 69.8 cm³/mol. The highest BCUT2D eigenvalue weighted by atomic mass is 32.1. The third-order valence-electron chi connectivity index (χ3n) is 2.64. The Morgan fingerprint density at radius 1 is 1.16 bits per heavy atom. The molecule has 0 aliphatic carbocycles. The predicted octanol–water partition coefficient (Wildman–Crippen LogP) is 0.797. The third kappa shape index (κ3) is 3.69. The number of aliphatic hydroxyl groups is 2. The molecule has 0 aliphatic heterocycles. The summed E-state index contributed by atoms with van der Waals surface area (Å²) in [4.78, 5) is 21.9. The van der Waals surface area contributed by atoms with Gasteiger partial charge in [0.1, 0.15) is 6.10 Å². The van der Waals surface area contributed by atoms with Gasteiger partial charge in [-0.15, -0.1) is 0 Å². The van der Waals surface area contributed by atoms with Crippen LogP contribution in [-0.2, 0) is 0 Å². The monoisotopic (exact) mass is 286 g/mol. The number of thiol groups is 1. The molecule has 0 heterocycles. The van der Waals surface area contributed by atoms with Crippen LogP contribution in [0.3, 0.4) is 0 Å². The summed E-state index contributed by atoms with van der Waals surface area (Å²) >= 11 is 3.91. The van der Waals surface area contributed by atoms with Gasteiger partial charge in [0.15, 0.2) is 0 Å². The Labute approximate surface area is 114 Å². The lowest BCUT2D eigenvalue weighted by Crippen LogP contribution is -2.21. The summed E-state index contributed by atoms with van der Waals surface area (Å²) in [5.74, 6) is -2.30. The van der Waals surface area contributed by atoms with Crippen molar-refractivity contribution in [3.63, 3.8) is 0 Å². The summed E-state index contributed by atoms with van der Waals surface area (Å²) in [6.07, 6.45) is -2.38. The summed E-state index contributed by atoms with van der Waals surface area (Å²) < 4.78 is 0. The number of hydrogen-bond donors (Lipinski definition) is 5. The minimum absolute atomic E-state index is 0.0215. The van der Waals surface area contributed by atoms with Crippen molar-refractivity contribution in [1.29, 1.82) is 0 Å². The van der Waals surface area contributed by atoms with Crippen molar-refractivity contribution in [2.45, 2.75) is 18.6 Å². The zero-order valence-electron chi connectivity index (χ0n) is 9.85. The summed E-state index contributed by atoms with van der Waals surface area (Å²) in [5, 5.41) is 37.4. The molecule has 1 rings (SSSR count). The molecule has 0 radical (unpaired) electrons. The summed E-state index contributed by atoms with van der Waals surface area (Å²) in [7, 11) is 0. The fourth-order valence-electron chi connectivity index (χ4n) is 1.63. The fraction of sp³-hybridized carbons (Fsp3) is 0.333. The van der Waals surface area contributed by atoms with E-state index in [1.54, 1.807) is 0 Å². The van der Waals surface area contributed by atoms with Crippen LogP contribution in [-0.4, -0.2) is 44.2 Å². The van der Waals surface area contributed by atoms with Crippen LogP contribution in [0.1, 0.15) is 38.8 Å². The van der Waals surface area contributed by atoms with Gasteiger partial charge >= 0.3 is 11.9 Å². The second-order valence-corrected chi connectivity index (χ2v) is 4.38. The van der Waals surface area contributed by atoms with Crippen molar-refractivity contribution in [3.8, 4) is 0 Å². The summed E-state index contributed by atoms with van der Waals surface area (Å²) in [6, 6.07) is 3.33. The van der Waals surface area contributed by atoms with Crippen LogP contribution >= 0.6 is 12.6 Å². The smallest absolute Gasteiger partial charge is 0.336 e. The van der Waals surface area contributed by atoms with Crippen LogP contribution in [0.15, 0.2) is 18.2 Å². The van der Waals surface area contributed by atoms with E-state index in [9.17, 15) is 19.8 Å². The van der Waals surface area contributed by atoms with Gasteiger partial charge < -0.3 is 20.4 Å². The molecule has 0 spiro atoms. The Hall–Kier alpha value is -1.57. The molecule has 2 atom stereocenters. The Morgan fingerprint density at radius 2 is 1.79 bits per heavy atom. The van der Waals surface area contributed by atoms with Gasteiger partial charge in [0, 0.05) is 0 Å². The van der Waals surface area contributed by atoms with E-state index < -0.39 is 24.1 Å². The van der Waals surface area contributed by atoms with Crippen LogP contribution in [0, 0.1) is 0 Å². The van der Waals surface area contributed by atoms with E-state index in [0.717, 1.165) is 6.07 Å². The third-order valence-corrected chi connectivity index (χ3v) is 2.90.